The smallest absolute Gasteiger partial charge is 0.192 e. The van der Waals surface area contributed by atoms with E-state index in [4.69, 9.17) is 4.42 Å². The number of rotatable bonds is 4. The number of carbonyl (C=O) groups excluding carboxylic acids is 1. The number of nitrogens with zero attached hydrogens (tertiary/aromatic N) is 1. The summed E-state index contributed by atoms with van der Waals surface area (Å²) in [6, 6.07) is 21.1. The molecule has 0 N–H and O–H groups in total. The van der Waals surface area contributed by atoms with Crippen molar-refractivity contribution >= 4 is 27.5 Å². The first-order valence-corrected chi connectivity index (χ1v) is 10.1. The molecular formula is C26H21NO3. The Morgan fingerprint density at radius 3 is 2.73 bits per heavy atom. The quantitative estimate of drug-likeness (QED) is 0.273. The Labute approximate surface area is 174 Å². The Bertz CT molecular complexity index is 1320. The molecule has 0 spiro atoms. The third kappa shape index (κ3) is 3.52. The topological polar surface area (TPSA) is 50.5 Å². The summed E-state index contributed by atoms with van der Waals surface area (Å²) in [6.07, 6.45) is 6.05. The number of hydrogen-bond donors (Lipinski definition) is 0. The van der Waals surface area contributed by atoms with Gasteiger partial charge in [-0.25, -0.2) is 0 Å². The summed E-state index contributed by atoms with van der Waals surface area (Å²) in [6.45, 7) is 1.88. The predicted octanol–water partition coefficient (Wildman–Crippen LogP) is 5.13. The van der Waals surface area contributed by atoms with Gasteiger partial charge in [0.1, 0.15) is 5.58 Å². The third-order valence-corrected chi connectivity index (χ3v) is 5.83. The summed E-state index contributed by atoms with van der Waals surface area (Å²) >= 11 is 0. The minimum Gasteiger partial charge on any atom is -0.464 e. The van der Waals surface area contributed by atoms with Crippen molar-refractivity contribution in [3.05, 3.63) is 107 Å². The molecule has 1 fully saturated rings. The number of allylic oxidation sites excluding steroid dienone is 1. The summed E-state index contributed by atoms with van der Waals surface area (Å²) in [7, 11) is 0. The van der Waals surface area contributed by atoms with Crippen LogP contribution in [0.1, 0.15) is 28.3 Å². The molecule has 4 nitrogen and oxygen atoms in total. The minimum atomic E-state index is -0.0688. The van der Waals surface area contributed by atoms with Crippen LogP contribution in [0, 0.1) is 0 Å². The lowest BCUT2D eigenvalue weighted by Crippen LogP contribution is -2.13. The SMILES string of the molecule is O=C(/C=C/N1CCC(c2ccccc2)C1)c1ccc2cc3c(=O)ccoc3cc2c1. The van der Waals surface area contributed by atoms with Gasteiger partial charge in [0.15, 0.2) is 11.2 Å². The van der Waals surface area contributed by atoms with Gasteiger partial charge >= 0.3 is 0 Å². The van der Waals surface area contributed by atoms with E-state index < -0.39 is 0 Å². The maximum Gasteiger partial charge on any atom is 0.192 e. The van der Waals surface area contributed by atoms with Crippen molar-refractivity contribution < 1.29 is 9.21 Å². The summed E-state index contributed by atoms with van der Waals surface area (Å²) in [5, 5.41) is 2.33. The zero-order valence-electron chi connectivity index (χ0n) is 16.5. The summed E-state index contributed by atoms with van der Waals surface area (Å²) in [5.74, 6) is 0.476. The van der Waals surface area contributed by atoms with Crippen LogP contribution < -0.4 is 5.43 Å². The highest BCUT2D eigenvalue weighted by atomic mass is 16.3. The second-order valence-corrected chi connectivity index (χ2v) is 7.77. The van der Waals surface area contributed by atoms with Gasteiger partial charge in [-0.15, -0.1) is 0 Å². The average molecular weight is 395 g/mol. The monoisotopic (exact) mass is 395 g/mol. The molecule has 1 aliphatic heterocycles. The Balaban J connectivity index is 1.34. The van der Waals surface area contributed by atoms with Gasteiger partial charge in [0.25, 0.3) is 0 Å². The number of fused-ring (bicyclic) bond motifs is 2. The van der Waals surface area contributed by atoms with Crippen molar-refractivity contribution in [2.75, 3.05) is 13.1 Å². The van der Waals surface area contributed by atoms with E-state index in [1.54, 1.807) is 6.08 Å². The van der Waals surface area contributed by atoms with Gasteiger partial charge in [-0.05, 0) is 41.0 Å². The van der Waals surface area contributed by atoms with Crippen LogP contribution >= 0.6 is 0 Å². The molecule has 1 unspecified atom stereocenters. The van der Waals surface area contributed by atoms with Crippen molar-refractivity contribution in [3.63, 3.8) is 0 Å². The largest absolute Gasteiger partial charge is 0.464 e. The molecule has 30 heavy (non-hydrogen) atoms. The van der Waals surface area contributed by atoms with Crippen LogP contribution in [0.5, 0.6) is 0 Å². The number of hydrogen-bond acceptors (Lipinski definition) is 4. The number of carbonyl (C=O) groups is 1. The lowest BCUT2D eigenvalue weighted by atomic mass is 9.99. The van der Waals surface area contributed by atoms with Crippen LogP contribution in [-0.2, 0) is 0 Å². The first kappa shape index (κ1) is 18.4. The number of likely N-dealkylation sites (tertiary alicyclic amines) is 1. The molecule has 0 radical (unpaired) electrons. The Hall–Kier alpha value is -3.66. The van der Waals surface area contributed by atoms with Crippen LogP contribution in [-0.4, -0.2) is 23.8 Å². The van der Waals surface area contributed by atoms with Crippen molar-refractivity contribution in [1.29, 1.82) is 0 Å². The van der Waals surface area contributed by atoms with Crippen LogP contribution in [0.3, 0.4) is 0 Å². The Morgan fingerprint density at radius 1 is 1.00 bits per heavy atom. The highest BCUT2D eigenvalue weighted by Gasteiger charge is 2.21. The zero-order valence-corrected chi connectivity index (χ0v) is 16.5. The fourth-order valence-electron chi connectivity index (χ4n) is 4.17. The second kappa shape index (κ2) is 7.64. The maximum atomic E-state index is 12.7. The van der Waals surface area contributed by atoms with Gasteiger partial charge in [0.2, 0.25) is 0 Å². The first-order chi connectivity index (χ1) is 14.7. The molecule has 0 saturated carbocycles. The molecule has 0 bridgehead atoms. The van der Waals surface area contributed by atoms with Crippen LogP contribution in [0.2, 0.25) is 0 Å². The molecular weight excluding hydrogens is 374 g/mol. The fourth-order valence-corrected chi connectivity index (χ4v) is 4.17. The normalized spacial score (nSPS) is 16.7. The highest BCUT2D eigenvalue weighted by Crippen LogP contribution is 2.27. The average Bonchev–Trinajstić information content (AvgIpc) is 3.26. The van der Waals surface area contributed by atoms with E-state index in [2.05, 4.69) is 29.2 Å². The van der Waals surface area contributed by atoms with Gasteiger partial charge in [-0.3, -0.25) is 9.59 Å². The molecule has 4 heteroatoms. The van der Waals surface area contributed by atoms with Gasteiger partial charge in [0.05, 0.1) is 11.6 Å². The molecule has 1 atom stereocenters. The lowest BCUT2D eigenvalue weighted by molar-refractivity contribution is 0.104. The molecule has 3 aromatic carbocycles. The van der Waals surface area contributed by atoms with Gasteiger partial charge in [0, 0.05) is 42.9 Å². The van der Waals surface area contributed by atoms with Crippen LogP contribution in [0.4, 0.5) is 0 Å². The van der Waals surface area contributed by atoms with E-state index in [9.17, 15) is 9.59 Å². The van der Waals surface area contributed by atoms with Crippen molar-refractivity contribution in [1.82, 2.24) is 4.90 Å². The van der Waals surface area contributed by atoms with Gasteiger partial charge in [-0.2, -0.15) is 0 Å². The van der Waals surface area contributed by atoms with Crippen molar-refractivity contribution in [2.24, 2.45) is 0 Å². The standard InChI is InChI=1S/C26H21NO3/c28-24(9-12-27-11-8-21(17-27)18-4-2-1-3-5-18)20-7-6-19-15-23-25(29)10-13-30-26(23)16-22(19)14-20/h1-7,9-10,12-16,21H,8,11,17H2/b12-9+. The molecule has 1 aromatic heterocycles. The van der Waals surface area contributed by atoms with E-state index >= 15 is 0 Å². The molecule has 0 aliphatic carbocycles. The fraction of sp³-hybridized carbons (Fsp3) is 0.154. The third-order valence-electron chi connectivity index (χ3n) is 5.83. The zero-order chi connectivity index (χ0) is 20.5. The Kier molecular flexibility index (Phi) is 4.68. The van der Waals surface area contributed by atoms with E-state index in [1.165, 1.54) is 17.9 Å². The molecule has 148 valence electrons. The van der Waals surface area contributed by atoms with Crippen molar-refractivity contribution in [2.45, 2.75) is 12.3 Å². The summed E-state index contributed by atoms with van der Waals surface area (Å²) < 4.78 is 5.46. The van der Waals surface area contributed by atoms with E-state index in [0.29, 0.717) is 22.5 Å². The summed E-state index contributed by atoms with van der Waals surface area (Å²) in [5.41, 5.74) is 2.43. The van der Waals surface area contributed by atoms with E-state index in [1.807, 2.05) is 42.6 Å². The minimum absolute atomic E-state index is 0.0327. The van der Waals surface area contributed by atoms with Gasteiger partial charge < -0.3 is 9.32 Å². The Morgan fingerprint density at radius 2 is 1.87 bits per heavy atom. The first-order valence-electron chi connectivity index (χ1n) is 10.1. The predicted molar refractivity (Wildman–Crippen MR) is 119 cm³/mol. The maximum absolute atomic E-state index is 12.7. The van der Waals surface area contributed by atoms with Gasteiger partial charge in [-0.1, -0.05) is 42.5 Å². The van der Waals surface area contributed by atoms with Crippen LogP contribution in [0.15, 0.2) is 94.5 Å². The molecule has 2 heterocycles. The van der Waals surface area contributed by atoms with Crippen LogP contribution in [0.25, 0.3) is 21.7 Å². The summed E-state index contributed by atoms with van der Waals surface area (Å²) in [4.78, 5) is 26.9. The molecule has 1 aliphatic rings. The molecule has 1 saturated heterocycles. The van der Waals surface area contributed by atoms with Crippen molar-refractivity contribution in [3.8, 4) is 0 Å². The second-order valence-electron chi connectivity index (χ2n) is 7.77. The number of benzene rings is 3. The molecule has 0 amide bonds. The highest BCUT2D eigenvalue weighted by molar-refractivity contribution is 6.07. The van der Waals surface area contributed by atoms with E-state index in [-0.39, 0.29) is 11.2 Å². The van der Waals surface area contributed by atoms with E-state index in [0.717, 1.165) is 30.3 Å². The lowest BCUT2D eigenvalue weighted by Gasteiger charge is -2.13. The molecule has 4 aromatic rings. The molecule has 5 rings (SSSR count). The number of ketones is 1.